The molecule has 0 bridgehead atoms. The first-order valence-electron chi connectivity index (χ1n) is 5.11. The summed E-state index contributed by atoms with van der Waals surface area (Å²) in [5.41, 5.74) is 5.08. The highest BCUT2D eigenvalue weighted by Gasteiger charge is 2.04. The van der Waals surface area contributed by atoms with Crippen molar-refractivity contribution in [2.24, 2.45) is 11.7 Å². The number of hydrogen-bond acceptors (Lipinski definition) is 3. The molecule has 0 aromatic carbocycles. The largest absolute Gasteiger partial charge is 0.370 e. The van der Waals surface area contributed by atoms with Gasteiger partial charge in [-0.25, -0.2) is 0 Å². The van der Waals surface area contributed by atoms with Crippen LogP contribution in [-0.2, 0) is 4.79 Å². The van der Waals surface area contributed by atoms with Gasteiger partial charge in [-0.05, 0) is 18.6 Å². The first-order chi connectivity index (χ1) is 6.52. The lowest BCUT2D eigenvalue weighted by Crippen LogP contribution is -2.32. The first-order valence-corrected chi connectivity index (χ1v) is 6.27. The zero-order valence-electron chi connectivity index (χ0n) is 9.38. The van der Waals surface area contributed by atoms with Gasteiger partial charge in [-0.1, -0.05) is 13.8 Å². The van der Waals surface area contributed by atoms with Crippen molar-refractivity contribution in [2.45, 2.75) is 33.2 Å². The van der Waals surface area contributed by atoms with Crippen LogP contribution in [0.3, 0.4) is 0 Å². The van der Waals surface area contributed by atoms with Crippen LogP contribution in [0.2, 0.25) is 0 Å². The summed E-state index contributed by atoms with van der Waals surface area (Å²) in [6, 6.07) is 0.201. The number of thioether (sulfide) groups is 1. The van der Waals surface area contributed by atoms with Crippen LogP contribution in [0, 0.1) is 5.92 Å². The lowest BCUT2D eigenvalue weighted by molar-refractivity contribution is -0.118. The van der Waals surface area contributed by atoms with Gasteiger partial charge in [-0.2, -0.15) is 11.8 Å². The maximum absolute atomic E-state index is 10.6. The molecule has 0 aliphatic heterocycles. The van der Waals surface area contributed by atoms with Crippen LogP contribution < -0.4 is 11.1 Å². The highest BCUT2D eigenvalue weighted by atomic mass is 32.2. The summed E-state index contributed by atoms with van der Waals surface area (Å²) in [6.45, 7) is 7.37. The molecular formula is C10H22N2OS. The summed E-state index contributed by atoms with van der Waals surface area (Å²) in [5, 5.41) is 3.27. The van der Waals surface area contributed by atoms with E-state index >= 15 is 0 Å². The average Bonchev–Trinajstić information content (AvgIpc) is 2.01. The minimum atomic E-state index is -0.236. The van der Waals surface area contributed by atoms with E-state index in [0.717, 1.165) is 18.2 Å². The van der Waals surface area contributed by atoms with Crippen LogP contribution >= 0.6 is 11.8 Å². The third-order valence-corrected chi connectivity index (χ3v) is 3.09. The van der Waals surface area contributed by atoms with Crippen LogP contribution in [-0.4, -0.2) is 30.0 Å². The minimum absolute atomic E-state index is 0.201. The van der Waals surface area contributed by atoms with Crippen molar-refractivity contribution in [3.8, 4) is 0 Å². The molecule has 4 heteroatoms. The second-order valence-corrected chi connectivity index (χ2v) is 5.14. The lowest BCUT2D eigenvalue weighted by atomic mass is 10.2. The molecule has 0 aliphatic carbocycles. The van der Waals surface area contributed by atoms with Crippen molar-refractivity contribution < 1.29 is 4.79 Å². The summed E-state index contributed by atoms with van der Waals surface area (Å²) >= 11 is 1.94. The highest BCUT2D eigenvalue weighted by molar-refractivity contribution is 7.99. The highest BCUT2D eigenvalue weighted by Crippen LogP contribution is 2.06. The molecule has 0 aliphatic rings. The third kappa shape index (κ3) is 9.86. The predicted molar refractivity (Wildman–Crippen MR) is 63.4 cm³/mol. The summed E-state index contributed by atoms with van der Waals surface area (Å²) < 4.78 is 0. The standard InChI is InChI=1S/C10H22N2OS/c1-8(2)7-14-5-4-12-9(3)6-10(11)13/h8-9,12H,4-7H2,1-3H3,(H2,11,13). The molecule has 1 unspecified atom stereocenters. The molecular weight excluding hydrogens is 196 g/mol. The van der Waals surface area contributed by atoms with Gasteiger partial charge in [0.25, 0.3) is 0 Å². The van der Waals surface area contributed by atoms with Crippen LogP contribution in [0.4, 0.5) is 0 Å². The number of nitrogens with two attached hydrogens (primary N) is 1. The Hall–Kier alpha value is -0.220. The van der Waals surface area contributed by atoms with Gasteiger partial charge in [0.15, 0.2) is 0 Å². The Morgan fingerprint density at radius 3 is 2.57 bits per heavy atom. The summed E-state index contributed by atoms with van der Waals surface area (Å²) in [6.07, 6.45) is 0.425. The monoisotopic (exact) mass is 218 g/mol. The Labute approximate surface area is 91.2 Å². The summed E-state index contributed by atoms with van der Waals surface area (Å²) in [7, 11) is 0. The van der Waals surface area contributed by atoms with E-state index in [1.54, 1.807) is 0 Å². The normalized spacial score (nSPS) is 13.1. The lowest BCUT2D eigenvalue weighted by Gasteiger charge is -2.11. The van der Waals surface area contributed by atoms with Crippen LogP contribution in [0.15, 0.2) is 0 Å². The van der Waals surface area contributed by atoms with E-state index in [4.69, 9.17) is 5.73 Å². The Morgan fingerprint density at radius 1 is 1.43 bits per heavy atom. The van der Waals surface area contributed by atoms with E-state index < -0.39 is 0 Å². The number of carbonyl (C=O) groups is 1. The van der Waals surface area contributed by atoms with E-state index in [1.807, 2.05) is 18.7 Å². The first kappa shape index (κ1) is 13.8. The minimum Gasteiger partial charge on any atom is -0.370 e. The van der Waals surface area contributed by atoms with E-state index in [-0.39, 0.29) is 11.9 Å². The second-order valence-electron chi connectivity index (χ2n) is 3.99. The molecule has 3 nitrogen and oxygen atoms in total. The van der Waals surface area contributed by atoms with Crippen LogP contribution in [0.25, 0.3) is 0 Å². The Morgan fingerprint density at radius 2 is 2.07 bits per heavy atom. The maximum atomic E-state index is 10.6. The molecule has 1 amide bonds. The molecule has 14 heavy (non-hydrogen) atoms. The van der Waals surface area contributed by atoms with E-state index in [0.29, 0.717) is 6.42 Å². The number of amides is 1. The van der Waals surface area contributed by atoms with Crippen molar-refractivity contribution in [3.05, 3.63) is 0 Å². The Kier molecular flexibility index (Phi) is 7.99. The van der Waals surface area contributed by atoms with Crippen molar-refractivity contribution in [2.75, 3.05) is 18.1 Å². The van der Waals surface area contributed by atoms with Crippen molar-refractivity contribution >= 4 is 17.7 Å². The molecule has 0 saturated carbocycles. The summed E-state index contributed by atoms with van der Waals surface area (Å²) in [4.78, 5) is 10.6. The fraction of sp³-hybridized carbons (Fsp3) is 0.900. The van der Waals surface area contributed by atoms with E-state index in [2.05, 4.69) is 19.2 Å². The van der Waals surface area contributed by atoms with Gasteiger partial charge in [0.2, 0.25) is 5.91 Å². The molecule has 84 valence electrons. The number of rotatable bonds is 8. The third-order valence-electron chi connectivity index (χ3n) is 1.70. The fourth-order valence-corrected chi connectivity index (χ4v) is 1.97. The quantitative estimate of drug-likeness (QED) is 0.603. The van der Waals surface area contributed by atoms with Crippen molar-refractivity contribution in [1.82, 2.24) is 5.32 Å². The van der Waals surface area contributed by atoms with Crippen molar-refractivity contribution in [3.63, 3.8) is 0 Å². The van der Waals surface area contributed by atoms with Gasteiger partial charge in [0, 0.05) is 24.8 Å². The van der Waals surface area contributed by atoms with Gasteiger partial charge in [-0.3, -0.25) is 4.79 Å². The molecule has 0 rings (SSSR count). The number of carbonyl (C=O) groups excluding carboxylic acids is 1. The topological polar surface area (TPSA) is 55.1 Å². The molecule has 3 N–H and O–H groups in total. The zero-order valence-corrected chi connectivity index (χ0v) is 10.2. The van der Waals surface area contributed by atoms with Gasteiger partial charge >= 0.3 is 0 Å². The maximum Gasteiger partial charge on any atom is 0.218 e. The number of hydrogen-bond donors (Lipinski definition) is 2. The predicted octanol–water partition coefficient (Wildman–Crippen LogP) is 1.23. The van der Waals surface area contributed by atoms with Crippen LogP contribution in [0.1, 0.15) is 27.2 Å². The number of primary amides is 1. The molecule has 1 atom stereocenters. The van der Waals surface area contributed by atoms with E-state index in [9.17, 15) is 4.79 Å². The SMILES string of the molecule is CC(C)CSCCNC(C)CC(N)=O. The van der Waals surface area contributed by atoms with Gasteiger partial charge in [-0.15, -0.1) is 0 Å². The van der Waals surface area contributed by atoms with Crippen LogP contribution in [0.5, 0.6) is 0 Å². The molecule has 0 radical (unpaired) electrons. The molecule has 0 saturated heterocycles. The summed E-state index contributed by atoms with van der Waals surface area (Å²) in [5.74, 6) is 2.82. The zero-order chi connectivity index (χ0) is 11.0. The van der Waals surface area contributed by atoms with E-state index in [1.165, 1.54) is 5.75 Å². The molecule has 0 heterocycles. The molecule has 0 aromatic heterocycles. The second kappa shape index (κ2) is 8.12. The van der Waals surface area contributed by atoms with Crippen molar-refractivity contribution in [1.29, 1.82) is 0 Å². The molecule has 0 spiro atoms. The molecule has 0 aromatic rings. The number of nitrogens with one attached hydrogen (secondary N) is 1. The fourth-order valence-electron chi connectivity index (χ4n) is 1.07. The Bertz CT molecular complexity index is 162. The van der Waals surface area contributed by atoms with Gasteiger partial charge in [0.05, 0.1) is 0 Å². The average molecular weight is 218 g/mol. The Balaban J connectivity index is 3.23. The van der Waals surface area contributed by atoms with Gasteiger partial charge in [0.1, 0.15) is 0 Å². The molecule has 0 fully saturated rings. The smallest absolute Gasteiger partial charge is 0.218 e. The van der Waals surface area contributed by atoms with Gasteiger partial charge < -0.3 is 11.1 Å².